The van der Waals surface area contributed by atoms with E-state index in [1.165, 1.54) is 46.1 Å². The number of phosphoric ester groups is 2. The highest BCUT2D eigenvalue weighted by atomic mass is 32.5. The van der Waals surface area contributed by atoms with Gasteiger partial charge in [-0.05, 0) is 11.8 Å². The van der Waals surface area contributed by atoms with Gasteiger partial charge in [-0.3, -0.25) is 51.6 Å². The lowest BCUT2D eigenvalue weighted by atomic mass is 9.94. The van der Waals surface area contributed by atoms with Crippen LogP contribution in [-0.2, 0) is 83.0 Å². The fourth-order valence-corrected chi connectivity index (χ4v) is 13.9. The molecule has 424 valence electrons. The van der Waals surface area contributed by atoms with Crippen molar-refractivity contribution in [3.63, 3.8) is 0 Å². The van der Waals surface area contributed by atoms with Gasteiger partial charge >= 0.3 is 41.5 Å². The van der Waals surface area contributed by atoms with Gasteiger partial charge in [-0.15, -0.1) is 0 Å². The molecule has 0 aromatic carbocycles. The van der Waals surface area contributed by atoms with Gasteiger partial charge in [-0.1, -0.05) is 4.98 Å². The molecule has 0 aliphatic carbocycles. The van der Waals surface area contributed by atoms with Crippen LogP contribution in [0.4, 0.5) is 11.8 Å². The SMILES string of the molecule is CO[C@@H]1[C@H](OP(=O)(O)OC[C@H]2O[C@@H](n3ccc(=O)[nH]c3=O)[C@H](O)[C@@H]2O)[C@@H](COP(=O)(O)OP(=O)(O)OP(O)(=S)OC[C@H]2OC([n+]3cn(C)c4c(=O)[nH]c(N)nc43)[C@H](O)[C@@H]2CC(=O)N(C)C)O[C@H]1n1cnc2c(N)ncnc21. The summed E-state index contributed by atoms with van der Waals surface area (Å²) in [7, 11) is -11.9. The number of aromatic amines is 2. The van der Waals surface area contributed by atoms with Crippen molar-refractivity contribution < 1.29 is 104 Å². The van der Waals surface area contributed by atoms with E-state index in [0.29, 0.717) is 0 Å². The number of carbonyl (C=O) groups is 1. The number of imidazole rings is 2. The Balaban J connectivity index is 0.951. The first-order valence-electron chi connectivity index (χ1n) is 22.1. The number of rotatable bonds is 21. The topological polar surface area (TPSA) is 510 Å². The molecule has 0 saturated carbocycles. The molecule has 5 unspecified atom stereocenters. The Morgan fingerprint density at radius 2 is 1.52 bits per heavy atom. The molecular weight excluding hydrogens is 1140 g/mol. The third kappa shape index (κ3) is 12.7. The van der Waals surface area contributed by atoms with Crippen molar-refractivity contribution in [3.05, 3.63) is 62.4 Å². The van der Waals surface area contributed by atoms with Crippen LogP contribution in [0.1, 0.15) is 25.1 Å². The van der Waals surface area contributed by atoms with Gasteiger partial charge in [-0.25, -0.2) is 42.3 Å². The van der Waals surface area contributed by atoms with Crippen molar-refractivity contribution in [1.82, 2.24) is 48.5 Å². The van der Waals surface area contributed by atoms with E-state index in [2.05, 4.69) is 33.5 Å². The zero-order valence-electron chi connectivity index (χ0n) is 40.1. The summed E-state index contributed by atoms with van der Waals surface area (Å²) < 4.78 is 97.8. The number of nitrogens with one attached hydrogen (secondary N) is 2. The van der Waals surface area contributed by atoms with Crippen molar-refractivity contribution in [1.29, 1.82) is 0 Å². The number of hydrogen-bond acceptors (Lipinski definition) is 27. The van der Waals surface area contributed by atoms with E-state index in [9.17, 15) is 67.8 Å². The minimum absolute atomic E-state index is 0.0179. The Labute approximate surface area is 434 Å². The summed E-state index contributed by atoms with van der Waals surface area (Å²) in [5.41, 5.74) is 9.33. The number of aromatic nitrogens is 10. The number of carbonyl (C=O) groups excluding carboxylic acids is 1. The average molecular weight is 1190 g/mol. The van der Waals surface area contributed by atoms with E-state index in [-0.39, 0.29) is 34.1 Å². The standard InChI is InChI=1S/C35H49N13O24P4S/c1-44(2)19(50)7-14-15(67-31(22(14)51)48-13-45(3)21-29(48)42-34(37)43-30(21)54)8-66-76(62,77)72-75(60,61)71-74(58,59)65-10-17-25(26(63-4)33(69-17)47-12-40-20-27(36)38-11-39-28(20)47)70-73(56,57)64-9-16-23(52)24(53)32(68-16)46-6-5-18(49)41-35(46)55/h5-6,11-17,22-26,31-33,51-53H,7-10H2,1-4H3,(H9-,36,37,38,39,41,42,43,49,54,55,56,57,58,59,60,61,62,77)/p+1/t14-,15-,16-,17-,22-,23-,24-,25-,26-,31?,32-,33-,76?/m1/s1. The molecule has 5 aromatic heterocycles. The van der Waals surface area contributed by atoms with E-state index >= 15 is 0 Å². The molecule has 5 aromatic rings. The molecule has 8 rings (SSSR count). The highest BCUT2D eigenvalue weighted by Gasteiger charge is 2.54. The molecule has 13 N–H and O–H groups in total. The first kappa shape index (κ1) is 58.5. The van der Waals surface area contributed by atoms with Crippen LogP contribution in [0.25, 0.3) is 22.3 Å². The Hall–Kier alpha value is -4.69. The number of phosphoric acid groups is 3. The maximum atomic E-state index is 13.6. The number of methoxy groups -OCH3 is 1. The minimum Gasteiger partial charge on any atom is -0.387 e. The summed E-state index contributed by atoms with van der Waals surface area (Å²) in [5.74, 6) is -2.01. The highest BCUT2D eigenvalue weighted by molar-refractivity contribution is 8.08. The fraction of sp³-hybridized carbons (Fsp3) is 0.571. The van der Waals surface area contributed by atoms with Gasteiger partial charge in [0.05, 0.1) is 39.3 Å². The molecule has 3 aliphatic rings. The molecule has 3 fully saturated rings. The molecule has 42 heteroatoms. The number of nitrogens with two attached hydrogens (primary N) is 2. The third-order valence-electron chi connectivity index (χ3n) is 12.1. The normalized spacial score (nSPS) is 29.8. The molecule has 3 aliphatic heterocycles. The maximum absolute atomic E-state index is 13.6. The van der Waals surface area contributed by atoms with Crippen molar-refractivity contribution in [2.45, 2.75) is 73.9 Å². The van der Waals surface area contributed by atoms with E-state index in [4.69, 9.17) is 60.3 Å². The van der Waals surface area contributed by atoms with Crippen LogP contribution in [0, 0.1) is 5.92 Å². The summed E-state index contributed by atoms with van der Waals surface area (Å²) in [4.78, 5) is 115. The van der Waals surface area contributed by atoms with Crippen LogP contribution in [0.3, 0.4) is 0 Å². The number of hydrogen-bond donors (Lipinski definition) is 11. The van der Waals surface area contributed by atoms with Gasteiger partial charge in [0.1, 0.15) is 54.6 Å². The van der Waals surface area contributed by atoms with Gasteiger partial charge in [-0.2, -0.15) is 4.31 Å². The summed E-state index contributed by atoms with van der Waals surface area (Å²) in [6.45, 7) is -8.13. The third-order valence-corrected chi connectivity index (χ3v) is 18.2. The summed E-state index contributed by atoms with van der Waals surface area (Å²) in [6.07, 6.45) is -13.7. The van der Waals surface area contributed by atoms with E-state index in [1.807, 2.05) is 4.98 Å². The lowest BCUT2D eigenvalue weighted by Gasteiger charge is -2.26. The number of aliphatic hydroxyl groups is 3. The Morgan fingerprint density at radius 3 is 2.21 bits per heavy atom. The van der Waals surface area contributed by atoms with Crippen LogP contribution < -0.4 is 32.8 Å². The Bertz CT molecular complexity index is 3420. The van der Waals surface area contributed by atoms with Gasteiger partial charge in [0.15, 0.2) is 30.2 Å². The number of nitrogen functional groups attached to an aromatic ring is 2. The number of aryl methyl sites for hydroxylation is 1. The summed E-state index contributed by atoms with van der Waals surface area (Å²) in [6, 6.07) is 0.929. The largest absolute Gasteiger partial charge is 0.488 e. The lowest BCUT2D eigenvalue weighted by Crippen LogP contribution is -2.45. The van der Waals surface area contributed by atoms with Crippen LogP contribution in [0.5, 0.6) is 0 Å². The minimum atomic E-state index is -6.03. The van der Waals surface area contributed by atoms with Crippen molar-refractivity contribution in [2.24, 2.45) is 13.0 Å². The van der Waals surface area contributed by atoms with Crippen LogP contribution in [-0.4, -0.2) is 179 Å². The van der Waals surface area contributed by atoms with Crippen molar-refractivity contribution >= 4 is 82.0 Å². The molecule has 77 heavy (non-hydrogen) atoms. The number of fused-ring (bicyclic) bond motifs is 2. The molecule has 3 saturated heterocycles. The second-order valence-electron chi connectivity index (χ2n) is 17.4. The van der Waals surface area contributed by atoms with Crippen LogP contribution >= 0.6 is 30.2 Å². The second kappa shape index (κ2) is 22.4. The summed E-state index contributed by atoms with van der Waals surface area (Å²) >= 11 is 4.91. The predicted molar refractivity (Wildman–Crippen MR) is 255 cm³/mol. The van der Waals surface area contributed by atoms with Gasteiger partial charge in [0.25, 0.3) is 17.1 Å². The second-order valence-corrected chi connectivity index (χ2v) is 24.8. The number of amides is 1. The summed E-state index contributed by atoms with van der Waals surface area (Å²) in [5, 5.41) is 32.8. The van der Waals surface area contributed by atoms with Crippen LogP contribution in [0.2, 0.25) is 0 Å². The van der Waals surface area contributed by atoms with Gasteiger partial charge in [0, 0.05) is 45.8 Å². The molecule has 0 bridgehead atoms. The first-order chi connectivity index (χ1) is 36.0. The molecule has 0 radical (unpaired) electrons. The number of anilines is 2. The molecule has 16 atom stereocenters. The monoisotopic (exact) mass is 1190 g/mol. The number of nitrogens with zero attached hydrogens (tertiary/aromatic N) is 9. The Morgan fingerprint density at radius 1 is 0.844 bits per heavy atom. The number of aliphatic hydroxyl groups excluding tert-OH is 3. The predicted octanol–water partition coefficient (Wildman–Crippen LogP) is -4.03. The maximum Gasteiger partial charge on any atom is 0.488 e. The molecule has 0 spiro atoms. The number of H-pyrrole nitrogens is 2. The number of ether oxygens (including phenoxy) is 4. The smallest absolute Gasteiger partial charge is 0.387 e. The van der Waals surface area contributed by atoms with E-state index in [1.54, 1.807) is 0 Å². The highest BCUT2D eigenvalue weighted by Crippen LogP contribution is 2.68. The molecule has 1 amide bonds. The molecular formula is C35H50N13O24P4S+. The quantitative estimate of drug-likeness (QED) is 0.0246. The Kier molecular flexibility index (Phi) is 17.0. The zero-order chi connectivity index (χ0) is 56.3. The van der Waals surface area contributed by atoms with Crippen molar-refractivity contribution in [2.75, 3.05) is 52.5 Å². The van der Waals surface area contributed by atoms with E-state index in [0.717, 1.165) is 36.6 Å². The van der Waals surface area contributed by atoms with Gasteiger partial charge < -0.3 is 74.7 Å². The molecule has 37 nitrogen and oxygen atoms in total. The first-order valence-corrected chi connectivity index (χ1v) is 29.2. The lowest BCUT2D eigenvalue weighted by molar-refractivity contribution is -0.745. The fourth-order valence-electron chi connectivity index (χ4n) is 8.51. The van der Waals surface area contributed by atoms with Crippen molar-refractivity contribution in [3.8, 4) is 0 Å². The molecule has 8 heterocycles. The van der Waals surface area contributed by atoms with Gasteiger partial charge in [0.2, 0.25) is 17.7 Å². The zero-order valence-corrected chi connectivity index (χ0v) is 44.5. The van der Waals surface area contributed by atoms with Crippen LogP contribution in [0.15, 0.2) is 45.6 Å². The van der Waals surface area contributed by atoms with E-state index < -0.39 is 153 Å². The average Bonchev–Trinajstić information content (AvgIpc) is 4.13.